The fourth-order valence-electron chi connectivity index (χ4n) is 1.82. The molecule has 1 atom stereocenters. The van der Waals surface area contributed by atoms with Crippen LogP contribution in [-0.2, 0) is 10.0 Å². The van der Waals surface area contributed by atoms with Gasteiger partial charge in [-0.3, -0.25) is 0 Å². The lowest BCUT2D eigenvalue weighted by Crippen LogP contribution is -2.30. The number of sulfonamides is 1. The summed E-state index contributed by atoms with van der Waals surface area (Å²) in [4.78, 5) is -0.0330. The van der Waals surface area contributed by atoms with Crippen molar-refractivity contribution in [2.75, 3.05) is 13.1 Å². The molecule has 1 aliphatic rings. The van der Waals surface area contributed by atoms with Crippen LogP contribution in [0.1, 0.15) is 5.56 Å². The molecule has 1 fully saturated rings. The number of aliphatic hydroxyl groups excluding tert-OH is 1. The van der Waals surface area contributed by atoms with Crippen molar-refractivity contribution >= 4 is 10.0 Å². The lowest BCUT2D eigenvalue weighted by Gasteiger charge is -2.16. The first-order chi connectivity index (χ1) is 8.46. The Bertz CT molecular complexity index is 631. The quantitative estimate of drug-likeness (QED) is 0.788. The summed E-state index contributed by atoms with van der Waals surface area (Å²) in [5.41, 5.74) is 0.567. The Labute approximate surface area is 106 Å². The Morgan fingerprint density at radius 2 is 2.11 bits per heavy atom. The van der Waals surface area contributed by atoms with E-state index in [-0.39, 0.29) is 23.5 Å². The second-order valence-electron chi connectivity index (χ2n) is 4.08. The molecule has 0 aromatic heterocycles. The van der Waals surface area contributed by atoms with Gasteiger partial charge in [0.1, 0.15) is 6.07 Å². The molecular weight excluding hydrogens is 252 g/mol. The molecule has 5 nitrogen and oxygen atoms in total. The van der Waals surface area contributed by atoms with Crippen LogP contribution in [-0.4, -0.2) is 37.0 Å². The van der Waals surface area contributed by atoms with Crippen LogP contribution in [0.5, 0.6) is 0 Å². The highest BCUT2D eigenvalue weighted by atomic mass is 32.2. The number of benzene rings is 1. The predicted octanol–water partition coefficient (Wildman–Crippen LogP) is 0.480. The molecule has 1 N–H and O–H groups in total. The van der Waals surface area contributed by atoms with Gasteiger partial charge in [-0.2, -0.15) is 9.57 Å². The minimum absolute atomic E-state index is 0.0130. The molecule has 0 radical (unpaired) electrons. The highest BCUT2D eigenvalue weighted by molar-refractivity contribution is 7.89. The van der Waals surface area contributed by atoms with Crippen molar-refractivity contribution in [3.63, 3.8) is 0 Å². The van der Waals surface area contributed by atoms with Crippen LogP contribution in [0.4, 0.5) is 0 Å². The van der Waals surface area contributed by atoms with Gasteiger partial charge >= 0.3 is 0 Å². The van der Waals surface area contributed by atoms with E-state index in [2.05, 4.69) is 6.58 Å². The Morgan fingerprint density at radius 3 is 2.67 bits per heavy atom. The number of nitrogens with zero attached hydrogens (tertiary/aromatic N) is 2. The van der Waals surface area contributed by atoms with Crippen molar-refractivity contribution in [1.29, 1.82) is 5.26 Å². The van der Waals surface area contributed by atoms with Crippen molar-refractivity contribution in [2.24, 2.45) is 0 Å². The third kappa shape index (κ3) is 2.04. The Balaban J connectivity index is 2.44. The second-order valence-corrected chi connectivity index (χ2v) is 5.99. The number of aliphatic hydroxyl groups is 1. The standard InChI is InChI=1S/C12H12N2O3S/c1-9-7-14(8-11(9)15)18(16,17)12-5-3-2-4-10(12)6-13/h2-5,11,15H,1,7-8H2/t11-/m1/s1. The average molecular weight is 264 g/mol. The number of rotatable bonds is 2. The van der Waals surface area contributed by atoms with Crippen molar-refractivity contribution in [2.45, 2.75) is 11.0 Å². The molecule has 0 aliphatic carbocycles. The normalized spacial score (nSPS) is 20.9. The van der Waals surface area contributed by atoms with Gasteiger partial charge in [0, 0.05) is 13.1 Å². The zero-order valence-electron chi connectivity index (χ0n) is 9.57. The third-order valence-corrected chi connectivity index (χ3v) is 4.72. The van der Waals surface area contributed by atoms with Crippen molar-refractivity contribution in [1.82, 2.24) is 4.31 Å². The zero-order chi connectivity index (χ0) is 13.3. The van der Waals surface area contributed by atoms with Crippen LogP contribution in [0.25, 0.3) is 0 Å². The molecule has 0 unspecified atom stereocenters. The highest BCUT2D eigenvalue weighted by Gasteiger charge is 2.34. The van der Waals surface area contributed by atoms with Crippen LogP contribution in [0.15, 0.2) is 41.3 Å². The van der Waals surface area contributed by atoms with Crippen molar-refractivity contribution in [3.8, 4) is 6.07 Å². The van der Waals surface area contributed by atoms with Gasteiger partial charge in [0.05, 0.1) is 16.6 Å². The van der Waals surface area contributed by atoms with Gasteiger partial charge in [-0.15, -0.1) is 0 Å². The molecule has 1 aromatic rings. The molecule has 18 heavy (non-hydrogen) atoms. The van der Waals surface area contributed by atoms with Crippen LogP contribution in [0.3, 0.4) is 0 Å². The zero-order valence-corrected chi connectivity index (χ0v) is 10.4. The smallest absolute Gasteiger partial charge is 0.244 e. The highest BCUT2D eigenvalue weighted by Crippen LogP contribution is 2.25. The van der Waals surface area contributed by atoms with E-state index < -0.39 is 16.1 Å². The predicted molar refractivity (Wildman–Crippen MR) is 65.1 cm³/mol. The molecule has 0 bridgehead atoms. The SMILES string of the molecule is C=C1CN(S(=O)(=O)c2ccccc2C#N)C[C@H]1O. The Morgan fingerprint density at radius 1 is 1.44 bits per heavy atom. The maximum Gasteiger partial charge on any atom is 0.244 e. The summed E-state index contributed by atoms with van der Waals surface area (Å²) in [6, 6.07) is 7.87. The van der Waals surface area contributed by atoms with Crippen LogP contribution < -0.4 is 0 Å². The Hall–Kier alpha value is -1.68. The summed E-state index contributed by atoms with van der Waals surface area (Å²) in [7, 11) is -3.76. The number of nitriles is 1. The van der Waals surface area contributed by atoms with E-state index in [1.165, 1.54) is 12.1 Å². The molecule has 1 aromatic carbocycles. The largest absolute Gasteiger partial charge is 0.387 e. The average Bonchev–Trinajstić information content (AvgIpc) is 2.70. The van der Waals surface area contributed by atoms with Crippen LogP contribution in [0, 0.1) is 11.3 Å². The molecule has 0 amide bonds. The maximum atomic E-state index is 12.3. The minimum Gasteiger partial charge on any atom is -0.387 e. The topological polar surface area (TPSA) is 81.4 Å². The lowest BCUT2D eigenvalue weighted by atomic mass is 10.2. The van der Waals surface area contributed by atoms with Crippen LogP contribution in [0.2, 0.25) is 0 Å². The summed E-state index contributed by atoms with van der Waals surface area (Å²) in [6.07, 6.45) is -0.839. The summed E-state index contributed by atoms with van der Waals surface area (Å²) in [6.45, 7) is 3.69. The molecule has 94 valence electrons. The van der Waals surface area contributed by atoms with Gasteiger partial charge in [0.2, 0.25) is 10.0 Å². The first kappa shape index (κ1) is 12.8. The monoisotopic (exact) mass is 264 g/mol. The lowest BCUT2D eigenvalue weighted by molar-refractivity contribution is 0.217. The second kappa shape index (κ2) is 4.53. The first-order valence-electron chi connectivity index (χ1n) is 5.32. The number of β-amino-alcohol motifs (C(OH)–C–C–N with tert-alkyl or cyclic N) is 1. The summed E-state index contributed by atoms with van der Waals surface area (Å²) in [5.74, 6) is 0. The Kier molecular flexibility index (Phi) is 3.22. The fraction of sp³-hybridized carbons (Fsp3) is 0.250. The molecule has 1 saturated heterocycles. The molecule has 0 saturated carbocycles. The van der Waals surface area contributed by atoms with Crippen LogP contribution >= 0.6 is 0 Å². The summed E-state index contributed by atoms with van der Waals surface area (Å²) < 4.78 is 25.8. The molecule has 0 spiro atoms. The van der Waals surface area contributed by atoms with Gasteiger partial charge in [-0.05, 0) is 17.7 Å². The van der Waals surface area contributed by atoms with E-state index in [4.69, 9.17) is 5.26 Å². The van der Waals surface area contributed by atoms with E-state index >= 15 is 0 Å². The van der Waals surface area contributed by atoms with Gasteiger partial charge in [-0.1, -0.05) is 18.7 Å². The molecular formula is C12H12N2O3S. The van der Waals surface area contributed by atoms with Gasteiger partial charge in [0.15, 0.2) is 0 Å². The minimum atomic E-state index is -3.76. The molecule has 2 rings (SSSR count). The van der Waals surface area contributed by atoms with Crippen molar-refractivity contribution in [3.05, 3.63) is 42.0 Å². The fourth-order valence-corrected chi connectivity index (χ4v) is 3.42. The van der Waals surface area contributed by atoms with Crippen molar-refractivity contribution < 1.29 is 13.5 Å². The van der Waals surface area contributed by atoms with E-state index in [0.29, 0.717) is 5.57 Å². The summed E-state index contributed by atoms with van der Waals surface area (Å²) in [5, 5.41) is 18.5. The number of hydrogen-bond donors (Lipinski definition) is 1. The number of hydrogen-bond acceptors (Lipinski definition) is 4. The van der Waals surface area contributed by atoms with Gasteiger partial charge in [0.25, 0.3) is 0 Å². The molecule has 6 heteroatoms. The maximum absolute atomic E-state index is 12.3. The first-order valence-corrected chi connectivity index (χ1v) is 6.76. The van der Waals surface area contributed by atoms with Gasteiger partial charge in [-0.25, -0.2) is 8.42 Å². The van der Waals surface area contributed by atoms with E-state index in [1.807, 2.05) is 6.07 Å². The van der Waals surface area contributed by atoms with E-state index in [1.54, 1.807) is 12.1 Å². The molecule has 1 aliphatic heterocycles. The van der Waals surface area contributed by atoms with Gasteiger partial charge < -0.3 is 5.11 Å². The molecule has 1 heterocycles. The third-order valence-electron chi connectivity index (χ3n) is 2.85. The summed E-state index contributed by atoms with van der Waals surface area (Å²) >= 11 is 0. The van der Waals surface area contributed by atoms with E-state index in [9.17, 15) is 13.5 Å². The van der Waals surface area contributed by atoms with E-state index in [0.717, 1.165) is 4.31 Å².